The molecule has 1 aliphatic heterocycles. The number of benzene rings is 1. The number of carbonyl (C=O) groups excluding carboxylic acids is 1. The maximum absolute atomic E-state index is 10.9. The van der Waals surface area contributed by atoms with Crippen LogP contribution in [0.25, 0.3) is 0 Å². The molecule has 0 unspecified atom stereocenters. The summed E-state index contributed by atoms with van der Waals surface area (Å²) in [7, 11) is 0. The molecule has 0 aliphatic carbocycles. The van der Waals surface area contributed by atoms with Gasteiger partial charge in [-0.2, -0.15) is 0 Å². The maximum Gasteiger partial charge on any atom is 0.224 e. The van der Waals surface area contributed by atoms with Crippen molar-refractivity contribution in [2.24, 2.45) is 0 Å². The Bertz CT molecular complexity index is 353. The van der Waals surface area contributed by atoms with Gasteiger partial charge in [-0.05, 0) is 18.1 Å². The zero-order valence-electron chi connectivity index (χ0n) is 9.21. The monoisotopic (exact) mass is 209 g/mol. The summed E-state index contributed by atoms with van der Waals surface area (Å²) in [5.41, 5.74) is 1.83. The van der Waals surface area contributed by atoms with E-state index in [1.807, 2.05) is 6.07 Å². The van der Waals surface area contributed by atoms with Crippen LogP contribution < -0.4 is 5.32 Å². The van der Waals surface area contributed by atoms with E-state index in [0.717, 1.165) is 17.7 Å². The van der Waals surface area contributed by atoms with Gasteiger partial charge in [-0.15, -0.1) is 0 Å². The van der Waals surface area contributed by atoms with Crippen molar-refractivity contribution in [1.29, 1.82) is 0 Å². The normalized spacial score (nSPS) is 13.3. The van der Waals surface area contributed by atoms with Crippen molar-refractivity contribution in [1.82, 2.24) is 0 Å². The lowest BCUT2D eigenvalue weighted by molar-refractivity contribution is -0.116. The van der Waals surface area contributed by atoms with Crippen molar-refractivity contribution >= 4 is 11.6 Å². The van der Waals surface area contributed by atoms with Gasteiger partial charge in [0.05, 0.1) is 0 Å². The van der Waals surface area contributed by atoms with Gasteiger partial charge in [-0.3, -0.25) is 4.79 Å². The maximum atomic E-state index is 10.9. The molecule has 3 heteroatoms. The molecule has 2 rings (SSSR count). The summed E-state index contributed by atoms with van der Waals surface area (Å²) in [6.45, 7) is 4.25. The average Bonchev–Trinajstić information content (AvgIpc) is 2.18. The molecule has 84 valence electrons. The minimum atomic E-state index is 0. The lowest BCUT2D eigenvalue weighted by Gasteiger charge is -2.16. The van der Waals surface area contributed by atoms with Crippen LogP contribution in [0.2, 0.25) is 0 Å². The van der Waals surface area contributed by atoms with Crippen LogP contribution >= 0.6 is 0 Å². The van der Waals surface area contributed by atoms with E-state index in [1.54, 1.807) is 12.1 Å². The van der Waals surface area contributed by atoms with E-state index in [-0.39, 0.29) is 13.1 Å². The van der Waals surface area contributed by atoms with Crippen molar-refractivity contribution in [3.8, 4) is 5.75 Å². The molecule has 1 heterocycles. The van der Waals surface area contributed by atoms with Crippen LogP contribution in [-0.2, 0) is 11.2 Å². The zero-order valence-corrected chi connectivity index (χ0v) is 9.21. The van der Waals surface area contributed by atoms with Gasteiger partial charge in [0.1, 0.15) is 5.75 Å². The summed E-state index contributed by atoms with van der Waals surface area (Å²) < 4.78 is 0. The molecule has 0 aromatic heterocycles. The first kappa shape index (κ1) is 11.6. The van der Waals surface area contributed by atoms with Crippen LogP contribution in [0.4, 0.5) is 5.69 Å². The molecule has 1 aromatic carbocycles. The molecule has 1 amide bonds. The Morgan fingerprint density at radius 2 is 2.07 bits per heavy atom. The second-order valence-corrected chi connectivity index (χ2v) is 3.60. The number of hydrogen-bond acceptors (Lipinski definition) is 2. The predicted octanol–water partition coefficient (Wildman–Crippen LogP) is 2.94. The molecule has 0 saturated heterocycles. The number of carbonyl (C=O) groups is 1. The lowest BCUT2D eigenvalue weighted by atomic mass is 10.0. The van der Waals surface area contributed by atoms with Gasteiger partial charge >= 0.3 is 0 Å². The third kappa shape index (κ3) is 3.27. The summed E-state index contributed by atoms with van der Waals surface area (Å²) >= 11 is 0. The van der Waals surface area contributed by atoms with Crippen LogP contribution in [-0.4, -0.2) is 11.0 Å². The largest absolute Gasteiger partial charge is 0.508 e. The summed E-state index contributed by atoms with van der Waals surface area (Å²) in [5, 5.41) is 11.8. The van der Waals surface area contributed by atoms with Crippen molar-refractivity contribution in [3.05, 3.63) is 23.8 Å². The molecule has 0 bridgehead atoms. The van der Waals surface area contributed by atoms with Crippen molar-refractivity contribution in [2.75, 3.05) is 5.32 Å². The van der Waals surface area contributed by atoms with Crippen LogP contribution in [0.1, 0.15) is 33.7 Å². The SMILES string of the molecule is CCC.O=C1CCc2ccc(O)cc2N1.[HH]. The van der Waals surface area contributed by atoms with E-state index in [0.29, 0.717) is 6.42 Å². The summed E-state index contributed by atoms with van der Waals surface area (Å²) in [4.78, 5) is 10.9. The number of hydrogen-bond donors (Lipinski definition) is 2. The molecular weight excluding hydrogens is 190 g/mol. The second-order valence-electron chi connectivity index (χ2n) is 3.60. The number of anilines is 1. The molecule has 15 heavy (non-hydrogen) atoms. The van der Waals surface area contributed by atoms with Crippen molar-refractivity contribution < 1.29 is 11.3 Å². The van der Waals surface area contributed by atoms with Crippen molar-refractivity contribution in [3.63, 3.8) is 0 Å². The second kappa shape index (κ2) is 5.39. The van der Waals surface area contributed by atoms with E-state index in [4.69, 9.17) is 5.11 Å². The van der Waals surface area contributed by atoms with Gasteiger partial charge in [0.2, 0.25) is 5.91 Å². The molecule has 2 N–H and O–H groups in total. The highest BCUT2D eigenvalue weighted by atomic mass is 16.3. The van der Waals surface area contributed by atoms with E-state index in [2.05, 4.69) is 19.2 Å². The number of aryl methyl sites for hydroxylation is 1. The molecule has 0 radical (unpaired) electrons. The highest BCUT2D eigenvalue weighted by molar-refractivity contribution is 5.94. The number of amides is 1. The van der Waals surface area contributed by atoms with Gasteiger partial charge < -0.3 is 10.4 Å². The Hall–Kier alpha value is -1.51. The Kier molecular flexibility index (Phi) is 4.16. The topological polar surface area (TPSA) is 49.3 Å². The Labute approximate surface area is 91.6 Å². The Balaban J connectivity index is 0.000000511. The number of phenolic OH excluding ortho intramolecular Hbond substituents is 1. The molecule has 1 aromatic rings. The van der Waals surface area contributed by atoms with Crippen LogP contribution in [0, 0.1) is 0 Å². The minimum Gasteiger partial charge on any atom is -0.508 e. The van der Waals surface area contributed by atoms with E-state index < -0.39 is 0 Å². The summed E-state index contributed by atoms with van der Waals surface area (Å²) in [5.74, 6) is 0.212. The quantitative estimate of drug-likeness (QED) is 0.690. The fraction of sp³-hybridized carbons (Fsp3) is 0.417. The van der Waals surface area contributed by atoms with Crippen LogP contribution in [0.15, 0.2) is 18.2 Å². The first-order valence-corrected chi connectivity index (χ1v) is 5.29. The highest BCUT2D eigenvalue weighted by Crippen LogP contribution is 2.25. The fourth-order valence-electron chi connectivity index (χ4n) is 1.36. The summed E-state index contributed by atoms with van der Waals surface area (Å²) in [6, 6.07) is 5.05. The standard InChI is InChI=1S/C9H9NO2.C3H8.H2/c11-7-3-1-6-2-4-9(12)10-8(6)5-7;1-3-2;/h1,3,5,11H,2,4H2,(H,10,12);3H2,1-2H3;1H. The summed E-state index contributed by atoms with van der Waals surface area (Å²) in [6.07, 6.45) is 2.55. The first-order valence-electron chi connectivity index (χ1n) is 5.29. The molecule has 1 aliphatic rings. The van der Waals surface area contributed by atoms with E-state index >= 15 is 0 Å². The number of rotatable bonds is 0. The molecule has 0 saturated carbocycles. The number of phenols is 1. The predicted molar refractivity (Wildman–Crippen MR) is 63.1 cm³/mol. The molecule has 0 spiro atoms. The number of fused-ring (bicyclic) bond motifs is 1. The van der Waals surface area contributed by atoms with Gasteiger partial charge in [-0.25, -0.2) is 0 Å². The minimum absolute atomic E-state index is 0. The van der Waals surface area contributed by atoms with Gasteiger partial charge in [0.15, 0.2) is 0 Å². The van der Waals surface area contributed by atoms with Crippen molar-refractivity contribution in [2.45, 2.75) is 33.1 Å². The molecule has 0 atom stereocenters. The third-order valence-corrected chi connectivity index (χ3v) is 1.99. The van der Waals surface area contributed by atoms with Crippen LogP contribution in [0.5, 0.6) is 5.75 Å². The smallest absolute Gasteiger partial charge is 0.224 e. The number of aromatic hydroxyl groups is 1. The van der Waals surface area contributed by atoms with E-state index in [1.165, 1.54) is 6.42 Å². The van der Waals surface area contributed by atoms with Gasteiger partial charge in [0.25, 0.3) is 0 Å². The number of nitrogens with one attached hydrogen (secondary N) is 1. The lowest BCUT2D eigenvalue weighted by Crippen LogP contribution is -2.18. The third-order valence-electron chi connectivity index (χ3n) is 1.99. The van der Waals surface area contributed by atoms with Crippen LogP contribution in [0.3, 0.4) is 0 Å². The molecule has 3 nitrogen and oxygen atoms in total. The van der Waals surface area contributed by atoms with Gasteiger partial charge in [-0.1, -0.05) is 26.3 Å². The molecule has 0 fully saturated rings. The Morgan fingerprint density at radius 3 is 2.73 bits per heavy atom. The first-order chi connectivity index (χ1) is 7.17. The zero-order chi connectivity index (χ0) is 11.3. The van der Waals surface area contributed by atoms with E-state index in [9.17, 15) is 4.79 Å². The highest BCUT2D eigenvalue weighted by Gasteiger charge is 2.14. The average molecular weight is 209 g/mol. The Morgan fingerprint density at radius 1 is 1.40 bits per heavy atom. The van der Waals surface area contributed by atoms with Gasteiger partial charge in [0, 0.05) is 19.6 Å². The fourth-order valence-corrected chi connectivity index (χ4v) is 1.36. The molecular formula is C12H19NO2.